The van der Waals surface area contributed by atoms with Gasteiger partial charge in [0.2, 0.25) is 11.8 Å². The van der Waals surface area contributed by atoms with Crippen LogP contribution in [0.5, 0.6) is 5.75 Å². The highest BCUT2D eigenvalue weighted by molar-refractivity contribution is 8.00. The first kappa shape index (κ1) is 21.3. The van der Waals surface area contributed by atoms with E-state index in [2.05, 4.69) is 10.3 Å². The molecule has 3 aromatic rings. The zero-order valence-corrected chi connectivity index (χ0v) is 17.9. The van der Waals surface area contributed by atoms with E-state index in [1.165, 1.54) is 11.8 Å². The second kappa shape index (κ2) is 10.4. The Morgan fingerprint density at radius 2 is 1.83 bits per heavy atom. The van der Waals surface area contributed by atoms with Crippen molar-refractivity contribution in [3.63, 3.8) is 0 Å². The summed E-state index contributed by atoms with van der Waals surface area (Å²) < 4.78 is 11.3. The maximum absolute atomic E-state index is 12.0. The summed E-state index contributed by atoms with van der Waals surface area (Å²) in [5.41, 5.74) is 2.42. The number of esters is 1. The minimum Gasteiger partial charge on any atom is -0.432 e. The first-order valence-electron chi connectivity index (χ1n) is 9.26. The van der Waals surface area contributed by atoms with E-state index in [0.717, 1.165) is 17.1 Å². The van der Waals surface area contributed by atoms with Crippen molar-refractivity contribution < 1.29 is 18.7 Å². The van der Waals surface area contributed by atoms with Crippen molar-refractivity contribution in [1.29, 1.82) is 0 Å². The van der Waals surface area contributed by atoms with Crippen LogP contribution < -0.4 is 10.1 Å². The molecule has 152 valence electrons. The van der Waals surface area contributed by atoms with Crippen LogP contribution in [0.25, 0.3) is 22.6 Å². The van der Waals surface area contributed by atoms with E-state index in [9.17, 15) is 9.59 Å². The summed E-state index contributed by atoms with van der Waals surface area (Å²) in [6.07, 6.45) is 0. The molecule has 6 nitrogen and oxygen atoms in total. The highest BCUT2D eigenvalue weighted by atomic mass is 32.2. The van der Waals surface area contributed by atoms with Gasteiger partial charge in [-0.2, -0.15) is 23.5 Å². The highest BCUT2D eigenvalue weighted by Crippen LogP contribution is 2.31. The molecule has 0 aliphatic heterocycles. The highest BCUT2D eigenvalue weighted by Gasteiger charge is 2.15. The number of carbonyl (C=O) groups excluding carboxylic acids is 2. The number of benzene rings is 2. The Morgan fingerprint density at radius 1 is 1.07 bits per heavy atom. The van der Waals surface area contributed by atoms with Gasteiger partial charge < -0.3 is 14.5 Å². The van der Waals surface area contributed by atoms with Gasteiger partial charge in [0.15, 0.2) is 11.3 Å². The van der Waals surface area contributed by atoms with Crippen LogP contribution in [0, 0.1) is 0 Å². The monoisotopic (exact) mass is 430 g/mol. The van der Waals surface area contributed by atoms with E-state index in [0.29, 0.717) is 34.2 Å². The van der Waals surface area contributed by atoms with Crippen molar-refractivity contribution in [3.8, 4) is 17.2 Å². The lowest BCUT2D eigenvalue weighted by atomic mass is 10.2. The van der Waals surface area contributed by atoms with Gasteiger partial charge in [0.1, 0.15) is 5.52 Å². The van der Waals surface area contributed by atoms with Crippen molar-refractivity contribution in [1.82, 2.24) is 4.98 Å². The number of fused-ring (bicyclic) bond motifs is 1. The van der Waals surface area contributed by atoms with E-state index in [1.807, 2.05) is 38.1 Å². The minimum atomic E-state index is -0.322. The van der Waals surface area contributed by atoms with Gasteiger partial charge in [-0.3, -0.25) is 9.59 Å². The molecule has 1 amide bonds. The van der Waals surface area contributed by atoms with Crippen LogP contribution in [0.3, 0.4) is 0 Å². The Kier molecular flexibility index (Phi) is 7.60. The summed E-state index contributed by atoms with van der Waals surface area (Å²) in [6.45, 7) is 4.00. The number of hydrogen-bond acceptors (Lipinski definition) is 7. The van der Waals surface area contributed by atoms with Gasteiger partial charge in [0.25, 0.3) is 0 Å². The fourth-order valence-electron chi connectivity index (χ4n) is 2.59. The van der Waals surface area contributed by atoms with E-state index in [4.69, 9.17) is 9.15 Å². The predicted molar refractivity (Wildman–Crippen MR) is 120 cm³/mol. The van der Waals surface area contributed by atoms with E-state index < -0.39 is 0 Å². The molecule has 0 aliphatic carbocycles. The topological polar surface area (TPSA) is 81.4 Å². The molecule has 1 N–H and O–H groups in total. The Morgan fingerprint density at radius 3 is 2.62 bits per heavy atom. The summed E-state index contributed by atoms with van der Waals surface area (Å²) in [4.78, 5) is 28.4. The fraction of sp³-hybridized carbons (Fsp3) is 0.286. The summed E-state index contributed by atoms with van der Waals surface area (Å²) in [6, 6.07) is 12.6. The van der Waals surface area contributed by atoms with Gasteiger partial charge in [-0.1, -0.05) is 26.0 Å². The SMILES string of the molecule is CCSCC(=O)Nc1cccc(-c2nc3cccc(OC(=O)CSCC)c3o2)c1. The molecule has 1 heterocycles. The zero-order valence-electron chi connectivity index (χ0n) is 16.3. The van der Waals surface area contributed by atoms with Gasteiger partial charge in [-0.25, -0.2) is 4.98 Å². The molecule has 8 heteroatoms. The van der Waals surface area contributed by atoms with Crippen molar-refractivity contribution >= 4 is 52.2 Å². The quantitative estimate of drug-likeness (QED) is 0.384. The Labute approximate surface area is 177 Å². The molecule has 2 aromatic carbocycles. The average Bonchev–Trinajstić information content (AvgIpc) is 3.16. The fourth-order valence-corrected chi connectivity index (χ4v) is 3.48. The molecule has 3 rings (SSSR count). The molecule has 0 unspecified atom stereocenters. The number of hydrogen-bond donors (Lipinski definition) is 1. The first-order valence-corrected chi connectivity index (χ1v) is 11.6. The second-order valence-electron chi connectivity index (χ2n) is 6.00. The van der Waals surface area contributed by atoms with Gasteiger partial charge >= 0.3 is 5.97 Å². The first-order chi connectivity index (χ1) is 14.1. The van der Waals surface area contributed by atoms with Crippen LogP contribution in [0.1, 0.15) is 13.8 Å². The third kappa shape index (κ3) is 5.77. The Balaban J connectivity index is 1.82. The number of para-hydroxylation sites is 1. The number of anilines is 1. The van der Waals surface area contributed by atoms with Crippen LogP contribution in [0.15, 0.2) is 46.9 Å². The van der Waals surface area contributed by atoms with E-state index in [1.54, 1.807) is 30.0 Å². The van der Waals surface area contributed by atoms with Crippen LogP contribution in [-0.4, -0.2) is 39.9 Å². The van der Waals surface area contributed by atoms with Gasteiger partial charge in [0.05, 0.1) is 11.5 Å². The van der Waals surface area contributed by atoms with Crippen molar-refractivity contribution in [2.45, 2.75) is 13.8 Å². The number of aromatic nitrogens is 1. The molecule has 0 spiro atoms. The number of nitrogens with one attached hydrogen (secondary N) is 1. The third-order valence-corrected chi connectivity index (χ3v) is 5.58. The number of carbonyl (C=O) groups is 2. The second-order valence-corrected chi connectivity index (χ2v) is 8.55. The lowest BCUT2D eigenvalue weighted by Crippen LogP contribution is -2.14. The zero-order chi connectivity index (χ0) is 20.6. The molecular weight excluding hydrogens is 408 g/mol. The number of nitrogens with zero attached hydrogens (tertiary/aromatic N) is 1. The number of thioether (sulfide) groups is 2. The van der Waals surface area contributed by atoms with E-state index in [-0.39, 0.29) is 17.6 Å². The molecule has 29 heavy (non-hydrogen) atoms. The third-order valence-electron chi connectivity index (χ3n) is 3.86. The minimum absolute atomic E-state index is 0.0503. The Bertz CT molecular complexity index is 1000. The van der Waals surface area contributed by atoms with Crippen molar-refractivity contribution in [2.24, 2.45) is 0 Å². The largest absolute Gasteiger partial charge is 0.432 e. The lowest BCUT2D eigenvalue weighted by molar-refractivity contribution is -0.131. The van der Waals surface area contributed by atoms with Crippen LogP contribution >= 0.6 is 23.5 Å². The number of ether oxygens (including phenoxy) is 1. The molecule has 0 radical (unpaired) electrons. The van der Waals surface area contributed by atoms with Crippen LogP contribution in [0.4, 0.5) is 5.69 Å². The van der Waals surface area contributed by atoms with Crippen LogP contribution in [-0.2, 0) is 9.59 Å². The molecule has 0 saturated heterocycles. The Hall–Kier alpha value is -2.45. The van der Waals surface area contributed by atoms with Crippen molar-refractivity contribution in [2.75, 3.05) is 28.3 Å². The average molecular weight is 431 g/mol. The summed E-state index contributed by atoms with van der Waals surface area (Å²) >= 11 is 3.06. The standard InChI is InChI=1S/C21H22N2O4S2/c1-3-28-12-18(24)22-15-8-5-7-14(11-15)21-23-16-9-6-10-17(20(16)27-21)26-19(25)13-29-4-2/h5-11H,3-4,12-13H2,1-2H3,(H,22,24). The van der Waals surface area contributed by atoms with Crippen LogP contribution in [0.2, 0.25) is 0 Å². The molecule has 0 atom stereocenters. The molecule has 1 aromatic heterocycles. The number of rotatable bonds is 9. The summed E-state index contributed by atoms with van der Waals surface area (Å²) in [5, 5.41) is 2.88. The van der Waals surface area contributed by atoms with Gasteiger partial charge in [-0.05, 0) is 41.8 Å². The summed E-state index contributed by atoms with van der Waals surface area (Å²) in [7, 11) is 0. The normalized spacial score (nSPS) is 10.8. The van der Waals surface area contributed by atoms with E-state index >= 15 is 0 Å². The lowest BCUT2D eigenvalue weighted by Gasteiger charge is -2.05. The van der Waals surface area contributed by atoms with Gasteiger partial charge in [0, 0.05) is 11.3 Å². The molecule has 0 fully saturated rings. The molecule has 0 bridgehead atoms. The van der Waals surface area contributed by atoms with Crippen molar-refractivity contribution in [3.05, 3.63) is 42.5 Å². The molecule has 0 saturated carbocycles. The molecular formula is C21H22N2O4S2. The summed E-state index contributed by atoms with van der Waals surface area (Å²) in [5.74, 6) is 2.80. The number of amides is 1. The maximum atomic E-state index is 12.0. The number of oxazole rings is 1. The molecule has 0 aliphatic rings. The maximum Gasteiger partial charge on any atom is 0.321 e. The smallest absolute Gasteiger partial charge is 0.321 e. The van der Waals surface area contributed by atoms with Gasteiger partial charge in [-0.15, -0.1) is 0 Å². The predicted octanol–water partition coefficient (Wildman–Crippen LogP) is 4.84.